The highest BCUT2D eigenvalue weighted by Gasteiger charge is 2.37. The third kappa shape index (κ3) is 5.22. The van der Waals surface area contributed by atoms with Crippen LogP contribution in [0.4, 0.5) is 5.69 Å². The van der Waals surface area contributed by atoms with Crippen LogP contribution in [0.2, 0.25) is 0 Å². The minimum atomic E-state index is 0.576. The quantitative estimate of drug-likeness (QED) is 0.385. The largest absolute Gasteiger partial charge is 0.371 e. The Labute approximate surface area is 200 Å². The minimum absolute atomic E-state index is 0.576. The molecule has 1 spiro atoms. The van der Waals surface area contributed by atoms with Crippen LogP contribution < -0.4 is 4.90 Å². The number of benzene rings is 1. The lowest BCUT2D eigenvalue weighted by Crippen LogP contribution is -2.47. The van der Waals surface area contributed by atoms with Gasteiger partial charge in [0.05, 0.1) is 5.56 Å². The fourth-order valence-electron chi connectivity index (χ4n) is 5.19. The summed E-state index contributed by atoms with van der Waals surface area (Å²) in [5.41, 5.74) is 2.86. The summed E-state index contributed by atoms with van der Waals surface area (Å²) in [5.74, 6) is 1.88. The third-order valence-electron chi connectivity index (χ3n) is 7.37. The lowest BCUT2D eigenvalue weighted by Gasteiger charge is -2.47. The van der Waals surface area contributed by atoms with E-state index in [9.17, 15) is 0 Å². The molecule has 0 amide bonds. The van der Waals surface area contributed by atoms with Gasteiger partial charge < -0.3 is 14.4 Å². The summed E-state index contributed by atoms with van der Waals surface area (Å²) < 4.78 is 2.04. The molecule has 8 heteroatoms. The van der Waals surface area contributed by atoms with E-state index in [4.69, 9.17) is 0 Å². The Morgan fingerprint density at radius 3 is 2.33 bits per heavy atom. The molecule has 174 valence electrons. The Kier molecular flexibility index (Phi) is 6.92. The predicted molar refractivity (Wildman–Crippen MR) is 133 cm³/mol. The summed E-state index contributed by atoms with van der Waals surface area (Å²) in [6.07, 6.45) is 11.7. The molecule has 2 saturated heterocycles. The highest BCUT2D eigenvalue weighted by Crippen LogP contribution is 2.42. The van der Waals surface area contributed by atoms with Crippen molar-refractivity contribution in [3.8, 4) is 11.4 Å². The van der Waals surface area contributed by atoms with Crippen LogP contribution in [-0.2, 0) is 7.05 Å². The van der Waals surface area contributed by atoms with E-state index >= 15 is 0 Å². The molecule has 0 aliphatic carbocycles. The maximum atomic E-state index is 4.36. The van der Waals surface area contributed by atoms with Crippen molar-refractivity contribution in [2.75, 3.05) is 43.4 Å². The first-order valence-corrected chi connectivity index (χ1v) is 13.0. The predicted octanol–water partition coefficient (Wildman–Crippen LogP) is 4.14. The van der Waals surface area contributed by atoms with E-state index in [1.165, 1.54) is 76.8 Å². The van der Waals surface area contributed by atoms with E-state index in [2.05, 4.69) is 60.3 Å². The molecule has 5 rings (SSSR count). The summed E-state index contributed by atoms with van der Waals surface area (Å²) >= 11 is 1.79. The molecule has 0 atom stereocenters. The fourth-order valence-corrected chi connectivity index (χ4v) is 6.02. The van der Waals surface area contributed by atoms with Crippen LogP contribution in [0.15, 0.2) is 54.2 Å². The van der Waals surface area contributed by atoms with Gasteiger partial charge in [-0.15, -0.1) is 10.2 Å². The van der Waals surface area contributed by atoms with Crippen molar-refractivity contribution in [1.29, 1.82) is 0 Å². The van der Waals surface area contributed by atoms with E-state index in [0.29, 0.717) is 5.41 Å². The molecule has 2 aliphatic heterocycles. The zero-order valence-electron chi connectivity index (χ0n) is 19.4. The monoisotopic (exact) mass is 463 g/mol. The minimum Gasteiger partial charge on any atom is -0.371 e. The van der Waals surface area contributed by atoms with E-state index in [0.717, 1.165) is 22.3 Å². The summed E-state index contributed by atoms with van der Waals surface area (Å²) in [4.78, 5) is 13.4. The number of hydrogen-bond donors (Lipinski definition) is 0. The normalized spacial score (nSPS) is 18.6. The molecule has 2 aromatic heterocycles. The molecule has 33 heavy (non-hydrogen) atoms. The number of para-hydroxylation sites is 1. The number of piperidine rings is 2. The number of anilines is 1. The maximum absolute atomic E-state index is 4.36. The Hall–Kier alpha value is -2.45. The first kappa shape index (κ1) is 22.3. The van der Waals surface area contributed by atoms with Gasteiger partial charge in [0.1, 0.15) is 6.33 Å². The van der Waals surface area contributed by atoms with E-state index < -0.39 is 0 Å². The second-order valence-electron chi connectivity index (χ2n) is 9.36. The molecular formula is C25H33N7S. The van der Waals surface area contributed by atoms with Crippen molar-refractivity contribution >= 4 is 17.4 Å². The molecule has 0 bridgehead atoms. The van der Waals surface area contributed by atoms with Gasteiger partial charge in [0, 0.05) is 44.0 Å². The lowest BCUT2D eigenvalue weighted by atomic mass is 9.71. The number of nitrogens with zero attached hydrogens (tertiary/aromatic N) is 7. The standard InChI is InChI=1S/C25H33N7S/c1-30-23(21-18-26-20-27-19-21)28-29-24(30)33-17-5-12-31-13-8-25(9-14-31)10-15-32(16-11-25)22-6-3-2-4-7-22/h2-4,6-7,18-20H,5,8-17H2,1H3. The lowest BCUT2D eigenvalue weighted by molar-refractivity contribution is 0.0802. The average molecular weight is 464 g/mol. The van der Waals surface area contributed by atoms with Gasteiger partial charge in [0.15, 0.2) is 11.0 Å². The summed E-state index contributed by atoms with van der Waals surface area (Å²) in [5, 5.41) is 9.65. The van der Waals surface area contributed by atoms with Gasteiger partial charge in [-0.2, -0.15) is 0 Å². The van der Waals surface area contributed by atoms with Gasteiger partial charge in [-0.1, -0.05) is 30.0 Å². The van der Waals surface area contributed by atoms with Crippen LogP contribution in [0.5, 0.6) is 0 Å². The van der Waals surface area contributed by atoms with Crippen LogP contribution in [0, 0.1) is 5.41 Å². The molecular weight excluding hydrogens is 430 g/mol. The van der Waals surface area contributed by atoms with Crippen molar-refractivity contribution < 1.29 is 0 Å². The highest BCUT2D eigenvalue weighted by molar-refractivity contribution is 7.99. The number of hydrogen-bond acceptors (Lipinski definition) is 7. The third-order valence-corrected chi connectivity index (χ3v) is 8.47. The Balaban J connectivity index is 1.03. The summed E-state index contributed by atoms with van der Waals surface area (Å²) in [6.45, 7) is 6.08. The summed E-state index contributed by atoms with van der Waals surface area (Å²) in [6, 6.07) is 10.9. The van der Waals surface area contributed by atoms with Crippen molar-refractivity contribution in [1.82, 2.24) is 29.6 Å². The van der Waals surface area contributed by atoms with E-state index in [1.54, 1.807) is 24.2 Å². The second kappa shape index (κ2) is 10.2. The van der Waals surface area contributed by atoms with Crippen LogP contribution in [0.3, 0.4) is 0 Å². The van der Waals surface area contributed by atoms with Gasteiger partial charge in [0.25, 0.3) is 0 Å². The number of thioether (sulfide) groups is 1. The van der Waals surface area contributed by atoms with Crippen molar-refractivity contribution in [2.24, 2.45) is 12.5 Å². The fraction of sp³-hybridized carbons (Fsp3) is 0.520. The van der Waals surface area contributed by atoms with Gasteiger partial charge in [-0.3, -0.25) is 0 Å². The average Bonchev–Trinajstić information content (AvgIpc) is 3.25. The molecule has 1 aromatic carbocycles. The van der Waals surface area contributed by atoms with Crippen molar-refractivity contribution in [2.45, 2.75) is 37.3 Å². The zero-order valence-corrected chi connectivity index (χ0v) is 20.3. The molecule has 2 aliphatic rings. The van der Waals surface area contributed by atoms with Crippen molar-refractivity contribution in [3.05, 3.63) is 49.1 Å². The summed E-state index contributed by atoms with van der Waals surface area (Å²) in [7, 11) is 2.01. The molecule has 0 unspecified atom stereocenters. The number of rotatable bonds is 7. The van der Waals surface area contributed by atoms with Crippen LogP contribution in [0.1, 0.15) is 32.1 Å². The Bertz CT molecular complexity index is 1010. The van der Waals surface area contributed by atoms with Crippen molar-refractivity contribution in [3.63, 3.8) is 0 Å². The zero-order chi connectivity index (χ0) is 22.5. The topological polar surface area (TPSA) is 63.0 Å². The smallest absolute Gasteiger partial charge is 0.191 e. The van der Waals surface area contributed by atoms with E-state index in [1.807, 2.05) is 11.6 Å². The highest BCUT2D eigenvalue weighted by atomic mass is 32.2. The SMILES string of the molecule is Cn1c(SCCCN2CCC3(CC2)CCN(c2ccccc2)CC3)nnc1-c1cncnc1. The first-order valence-electron chi connectivity index (χ1n) is 12.0. The molecule has 0 N–H and O–H groups in total. The van der Waals surface area contributed by atoms with Crippen LogP contribution in [-0.4, -0.2) is 68.1 Å². The van der Waals surface area contributed by atoms with Gasteiger partial charge in [-0.05, 0) is 69.3 Å². The van der Waals surface area contributed by atoms with Gasteiger partial charge in [-0.25, -0.2) is 9.97 Å². The molecule has 3 aromatic rings. The maximum Gasteiger partial charge on any atom is 0.191 e. The van der Waals surface area contributed by atoms with Gasteiger partial charge in [0.2, 0.25) is 0 Å². The number of aromatic nitrogens is 5. The van der Waals surface area contributed by atoms with E-state index in [-0.39, 0.29) is 0 Å². The molecule has 4 heterocycles. The molecule has 7 nitrogen and oxygen atoms in total. The molecule has 0 saturated carbocycles. The van der Waals surface area contributed by atoms with Crippen LogP contribution in [0.25, 0.3) is 11.4 Å². The Morgan fingerprint density at radius 1 is 0.909 bits per heavy atom. The first-order chi connectivity index (χ1) is 16.2. The second-order valence-corrected chi connectivity index (χ2v) is 10.4. The Morgan fingerprint density at radius 2 is 1.61 bits per heavy atom. The van der Waals surface area contributed by atoms with Crippen LogP contribution >= 0.6 is 11.8 Å². The molecule has 0 radical (unpaired) electrons. The number of likely N-dealkylation sites (tertiary alicyclic amines) is 1. The molecule has 2 fully saturated rings. The van der Waals surface area contributed by atoms with Gasteiger partial charge >= 0.3 is 0 Å².